The number of aromatic nitrogens is 2. The second-order valence-corrected chi connectivity index (χ2v) is 15.7. The van der Waals surface area contributed by atoms with E-state index in [9.17, 15) is 5.26 Å². The topological polar surface area (TPSA) is 66.5 Å². The number of ether oxygens (including phenoxy) is 2. The first-order chi connectivity index (χ1) is 14.5. The molecule has 172 valence electrons. The van der Waals surface area contributed by atoms with Crippen molar-refractivity contribution in [2.75, 3.05) is 34.8 Å². The van der Waals surface area contributed by atoms with Crippen LogP contribution in [0.4, 0.5) is 0 Å². The van der Waals surface area contributed by atoms with Gasteiger partial charge in [-0.15, -0.1) is 0 Å². The first-order valence-electron chi connectivity index (χ1n) is 10.9. The summed E-state index contributed by atoms with van der Waals surface area (Å²) in [6, 6.07) is 5.50. The number of hydrogen-bond donors (Lipinski definition) is 0. The van der Waals surface area contributed by atoms with Crippen LogP contribution >= 0.6 is 0 Å². The average Bonchev–Trinajstić information content (AvgIpc) is 3.06. The highest BCUT2D eigenvalue weighted by Gasteiger charge is 2.29. The van der Waals surface area contributed by atoms with E-state index >= 15 is 0 Å². The van der Waals surface area contributed by atoms with Crippen molar-refractivity contribution in [3.8, 4) is 11.8 Å². The van der Waals surface area contributed by atoms with Gasteiger partial charge in [-0.2, -0.15) is 5.26 Å². The molecule has 0 aliphatic heterocycles. The summed E-state index contributed by atoms with van der Waals surface area (Å²) in [5, 5.41) is 10.8. The molecule has 0 saturated heterocycles. The Bertz CT molecular complexity index is 888. The van der Waals surface area contributed by atoms with Crippen LogP contribution in [0.3, 0.4) is 0 Å². The Morgan fingerprint density at radius 1 is 1.16 bits per heavy atom. The molecule has 2 rings (SSSR count). The number of pyridine rings is 1. The molecule has 0 fully saturated rings. The van der Waals surface area contributed by atoms with Crippen LogP contribution in [0.2, 0.25) is 25.7 Å². The van der Waals surface area contributed by atoms with Gasteiger partial charge in [0.15, 0.2) is 0 Å². The molecule has 0 amide bonds. The van der Waals surface area contributed by atoms with Gasteiger partial charge in [-0.1, -0.05) is 33.5 Å². The van der Waals surface area contributed by atoms with Gasteiger partial charge in [0.25, 0.3) is 0 Å². The molecule has 2 aromatic rings. The summed E-state index contributed by atoms with van der Waals surface area (Å²) in [6.07, 6.45) is 3.03. The molecule has 31 heavy (non-hydrogen) atoms. The van der Waals surface area contributed by atoms with Crippen LogP contribution in [0.25, 0.3) is 11.0 Å². The Hall–Kier alpha value is -1.92. The summed E-state index contributed by atoms with van der Waals surface area (Å²) in [6.45, 7) is 12.5. The van der Waals surface area contributed by atoms with Crippen LogP contribution in [-0.4, -0.2) is 74.5 Å². The maximum absolute atomic E-state index is 9.91. The van der Waals surface area contributed by atoms with Crippen molar-refractivity contribution in [1.29, 1.82) is 5.26 Å². The zero-order valence-electron chi connectivity index (χ0n) is 20.6. The van der Waals surface area contributed by atoms with E-state index in [1.165, 1.54) is 0 Å². The summed E-state index contributed by atoms with van der Waals surface area (Å²) < 4.78 is 14.3. The van der Waals surface area contributed by atoms with Crippen molar-refractivity contribution in [1.82, 2.24) is 19.4 Å². The van der Waals surface area contributed by atoms with Gasteiger partial charge < -0.3 is 14.0 Å². The van der Waals surface area contributed by atoms with Crippen LogP contribution in [0.5, 0.6) is 5.75 Å². The van der Waals surface area contributed by atoms with E-state index in [-0.39, 0.29) is 12.1 Å². The summed E-state index contributed by atoms with van der Waals surface area (Å²) in [5.41, 5.74) is 1.82. The molecule has 0 aromatic carbocycles. The molecular formula is C23H39N5O2Si. The third-order valence-corrected chi connectivity index (χ3v) is 7.02. The second-order valence-electron chi connectivity index (χ2n) is 10.1. The minimum atomic E-state index is -1.12. The zero-order chi connectivity index (χ0) is 23.3. The first-order valence-corrected chi connectivity index (χ1v) is 14.6. The molecule has 0 saturated carbocycles. The Balaban J connectivity index is 2.37. The average molecular weight is 446 g/mol. The zero-order valence-corrected chi connectivity index (χ0v) is 21.6. The fourth-order valence-corrected chi connectivity index (χ4v) is 4.36. The standard InChI is InChI=1S/C23H39N5O2Si/c1-17(2)19-15-25-22-18(10-11-28(22)16-29-12-13-31(7,8)9)21(19)30-20(14-24)23(26(3)4)27(5)6/h10-11,15,17,20,23H,12-13,16H2,1-9H3. The van der Waals surface area contributed by atoms with Crippen molar-refractivity contribution in [3.63, 3.8) is 0 Å². The van der Waals surface area contributed by atoms with Crippen molar-refractivity contribution >= 4 is 19.1 Å². The molecule has 1 atom stereocenters. The lowest BCUT2D eigenvalue weighted by Gasteiger charge is -2.34. The molecule has 0 radical (unpaired) electrons. The number of rotatable bonds is 11. The van der Waals surface area contributed by atoms with E-state index in [0.29, 0.717) is 6.73 Å². The number of fused-ring (bicyclic) bond motifs is 1. The highest BCUT2D eigenvalue weighted by molar-refractivity contribution is 6.76. The number of nitriles is 1. The molecule has 2 aromatic heterocycles. The quantitative estimate of drug-likeness (QED) is 0.293. The summed E-state index contributed by atoms with van der Waals surface area (Å²) >= 11 is 0. The van der Waals surface area contributed by atoms with E-state index in [1.54, 1.807) is 0 Å². The second kappa shape index (κ2) is 10.6. The van der Waals surface area contributed by atoms with Gasteiger partial charge >= 0.3 is 0 Å². The first kappa shape index (κ1) is 25.3. The summed E-state index contributed by atoms with van der Waals surface area (Å²) in [7, 11) is 6.70. The molecule has 2 heterocycles. The minimum Gasteiger partial charge on any atom is -0.471 e. The summed E-state index contributed by atoms with van der Waals surface area (Å²) in [4.78, 5) is 8.70. The monoisotopic (exact) mass is 445 g/mol. The Labute approximate surface area is 188 Å². The Morgan fingerprint density at radius 3 is 2.32 bits per heavy atom. The Morgan fingerprint density at radius 2 is 1.81 bits per heavy atom. The van der Waals surface area contributed by atoms with E-state index in [4.69, 9.17) is 14.5 Å². The van der Waals surface area contributed by atoms with Crippen LogP contribution in [0.1, 0.15) is 25.3 Å². The predicted molar refractivity (Wildman–Crippen MR) is 129 cm³/mol. The molecule has 0 N–H and O–H groups in total. The molecular weight excluding hydrogens is 406 g/mol. The van der Waals surface area contributed by atoms with Gasteiger partial charge in [0.1, 0.15) is 30.4 Å². The van der Waals surface area contributed by atoms with Crippen LogP contribution < -0.4 is 4.74 Å². The molecule has 0 aliphatic carbocycles. The molecule has 7 nitrogen and oxygen atoms in total. The Kier molecular flexibility index (Phi) is 8.66. The SMILES string of the molecule is CC(C)c1cnc2c(ccn2COCC[Si](C)(C)C)c1OC(C#N)C(N(C)C)N(C)C. The van der Waals surface area contributed by atoms with Crippen molar-refractivity contribution in [2.45, 2.75) is 64.5 Å². The maximum Gasteiger partial charge on any atom is 0.213 e. The number of hydrogen-bond acceptors (Lipinski definition) is 6. The van der Waals surface area contributed by atoms with E-state index in [0.717, 1.165) is 35.0 Å². The van der Waals surface area contributed by atoms with Crippen LogP contribution in [-0.2, 0) is 11.5 Å². The van der Waals surface area contributed by atoms with Crippen LogP contribution in [0, 0.1) is 11.3 Å². The lowest BCUT2D eigenvalue weighted by atomic mass is 10.0. The van der Waals surface area contributed by atoms with Gasteiger partial charge in [-0.25, -0.2) is 4.98 Å². The van der Waals surface area contributed by atoms with Crippen molar-refractivity contribution in [3.05, 3.63) is 24.0 Å². The predicted octanol–water partition coefficient (Wildman–Crippen LogP) is 4.19. The highest BCUT2D eigenvalue weighted by atomic mass is 28.3. The van der Waals surface area contributed by atoms with Crippen molar-refractivity contribution in [2.24, 2.45) is 0 Å². The van der Waals surface area contributed by atoms with Gasteiger partial charge in [0.2, 0.25) is 6.10 Å². The van der Waals surface area contributed by atoms with Crippen molar-refractivity contribution < 1.29 is 9.47 Å². The molecule has 1 unspecified atom stereocenters. The van der Waals surface area contributed by atoms with Gasteiger partial charge in [-0.3, -0.25) is 9.80 Å². The number of likely N-dealkylation sites (N-methyl/N-ethyl adjacent to an activating group) is 2. The third-order valence-electron chi connectivity index (χ3n) is 5.32. The lowest BCUT2D eigenvalue weighted by molar-refractivity contribution is 0.0409. The van der Waals surface area contributed by atoms with Gasteiger partial charge in [-0.05, 0) is 46.2 Å². The molecule has 8 heteroatoms. The molecule has 0 aliphatic rings. The van der Waals surface area contributed by atoms with Gasteiger partial charge in [0, 0.05) is 32.6 Å². The van der Waals surface area contributed by atoms with E-state index < -0.39 is 14.2 Å². The molecule has 0 bridgehead atoms. The van der Waals surface area contributed by atoms with E-state index in [2.05, 4.69) is 39.6 Å². The molecule has 0 spiro atoms. The smallest absolute Gasteiger partial charge is 0.213 e. The fraction of sp³-hybridized carbons (Fsp3) is 0.652. The lowest BCUT2D eigenvalue weighted by Crippen LogP contribution is -2.50. The largest absolute Gasteiger partial charge is 0.471 e. The number of nitrogens with zero attached hydrogens (tertiary/aromatic N) is 5. The fourth-order valence-electron chi connectivity index (χ4n) is 3.60. The van der Waals surface area contributed by atoms with Gasteiger partial charge in [0.05, 0.1) is 5.39 Å². The highest BCUT2D eigenvalue weighted by Crippen LogP contribution is 2.35. The normalized spacial score (nSPS) is 13.5. The van der Waals surface area contributed by atoms with E-state index in [1.807, 2.05) is 61.0 Å². The third kappa shape index (κ3) is 6.53. The maximum atomic E-state index is 9.91. The van der Waals surface area contributed by atoms with Crippen LogP contribution in [0.15, 0.2) is 18.5 Å². The minimum absolute atomic E-state index is 0.180. The summed E-state index contributed by atoms with van der Waals surface area (Å²) in [5.74, 6) is 0.959.